The van der Waals surface area contributed by atoms with Crippen LogP contribution in [0.25, 0.3) is 0 Å². The van der Waals surface area contributed by atoms with Crippen LogP contribution in [0.2, 0.25) is 0 Å². The number of carbonyl (C=O) groups is 1. The monoisotopic (exact) mass is 261 g/mol. The first-order valence-electron chi connectivity index (χ1n) is 7.22. The van der Waals surface area contributed by atoms with E-state index in [2.05, 4.69) is 6.92 Å². The zero-order valence-corrected chi connectivity index (χ0v) is 11.9. The molecule has 0 aliphatic carbocycles. The van der Waals surface area contributed by atoms with E-state index in [1.54, 1.807) is 0 Å². The number of benzene rings is 1. The number of hydrogen-bond donors (Lipinski definition) is 0. The van der Waals surface area contributed by atoms with Gasteiger partial charge in [0.05, 0.1) is 13.0 Å². The molecule has 0 spiro atoms. The lowest BCUT2D eigenvalue weighted by molar-refractivity contribution is -0.133. The normalized spacial score (nSPS) is 19.3. The van der Waals surface area contributed by atoms with Gasteiger partial charge in [0.2, 0.25) is 5.91 Å². The summed E-state index contributed by atoms with van der Waals surface area (Å²) in [5.41, 5.74) is 1.06. The molecule has 1 aliphatic rings. The number of carbonyl (C=O) groups excluding carboxylic acids is 1. The third-order valence-corrected chi connectivity index (χ3v) is 3.71. The molecule has 0 N–H and O–H groups in total. The van der Waals surface area contributed by atoms with Crippen LogP contribution in [-0.2, 0) is 11.2 Å². The number of amides is 1. The summed E-state index contributed by atoms with van der Waals surface area (Å²) in [6.45, 7) is 5.70. The maximum absolute atomic E-state index is 12.3. The molecule has 0 aromatic heterocycles. The molecule has 1 aromatic carbocycles. The second-order valence-electron chi connectivity index (χ2n) is 5.19. The van der Waals surface area contributed by atoms with E-state index < -0.39 is 0 Å². The topological polar surface area (TPSA) is 29.5 Å². The van der Waals surface area contributed by atoms with Gasteiger partial charge < -0.3 is 9.64 Å². The first kappa shape index (κ1) is 13.9. The highest BCUT2D eigenvalue weighted by atomic mass is 16.5. The first-order chi connectivity index (χ1) is 9.20. The van der Waals surface area contributed by atoms with Crippen molar-refractivity contribution in [3.8, 4) is 5.75 Å². The maximum Gasteiger partial charge on any atom is 0.227 e. The van der Waals surface area contributed by atoms with E-state index in [4.69, 9.17) is 4.74 Å². The molecule has 104 valence electrons. The lowest BCUT2D eigenvalue weighted by atomic mass is 10.0. The molecule has 1 atom stereocenters. The van der Waals surface area contributed by atoms with Crippen molar-refractivity contribution < 1.29 is 9.53 Å². The van der Waals surface area contributed by atoms with Crippen molar-refractivity contribution in [1.82, 2.24) is 4.90 Å². The van der Waals surface area contributed by atoms with E-state index in [9.17, 15) is 4.79 Å². The Labute approximate surface area is 115 Å². The van der Waals surface area contributed by atoms with E-state index in [0.29, 0.717) is 19.1 Å². The summed E-state index contributed by atoms with van der Waals surface area (Å²) >= 11 is 0. The SMILES string of the molecule is CCOc1ccc(CC(=O)N2CCCCC2C)cc1. The van der Waals surface area contributed by atoms with Crippen LogP contribution in [0.5, 0.6) is 5.75 Å². The molecule has 0 saturated carbocycles. The second-order valence-corrected chi connectivity index (χ2v) is 5.19. The average molecular weight is 261 g/mol. The van der Waals surface area contributed by atoms with Gasteiger partial charge >= 0.3 is 0 Å². The Kier molecular flexibility index (Phi) is 4.83. The summed E-state index contributed by atoms with van der Waals surface area (Å²) in [4.78, 5) is 14.3. The Morgan fingerprint density at radius 2 is 2.05 bits per heavy atom. The number of hydrogen-bond acceptors (Lipinski definition) is 2. The maximum atomic E-state index is 12.3. The van der Waals surface area contributed by atoms with Gasteiger partial charge in [-0.3, -0.25) is 4.79 Å². The summed E-state index contributed by atoms with van der Waals surface area (Å²) in [6.07, 6.45) is 4.01. The van der Waals surface area contributed by atoms with Gasteiger partial charge in [0, 0.05) is 12.6 Å². The summed E-state index contributed by atoms with van der Waals surface area (Å²) < 4.78 is 5.40. The van der Waals surface area contributed by atoms with Crippen LogP contribution >= 0.6 is 0 Å². The molecular formula is C16H23NO2. The van der Waals surface area contributed by atoms with Crippen LogP contribution in [0.4, 0.5) is 0 Å². The zero-order chi connectivity index (χ0) is 13.7. The fourth-order valence-electron chi connectivity index (χ4n) is 2.61. The van der Waals surface area contributed by atoms with Crippen LogP contribution in [-0.4, -0.2) is 30.0 Å². The second kappa shape index (κ2) is 6.60. The van der Waals surface area contributed by atoms with Crippen LogP contribution in [0, 0.1) is 0 Å². The Balaban J connectivity index is 1.94. The molecule has 1 saturated heterocycles. The van der Waals surface area contributed by atoms with Gasteiger partial charge in [-0.2, -0.15) is 0 Å². The van der Waals surface area contributed by atoms with Crippen molar-refractivity contribution in [3.63, 3.8) is 0 Å². The Bertz CT molecular complexity index is 413. The van der Waals surface area contributed by atoms with Gasteiger partial charge in [-0.05, 0) is 50.8 Å². The van der Waals surface area contributed by atoms with Crippen molar-refractivity contribution in [3.05, 3.63) is 29.8 Å². The molecule has 1 fully saturated rings. The van der Waals surface area contributed by atoms with Gasteiger partial charge in [-0.1, -0.05) is 12.1 Å². The smallest absolute Gasteiger partial charge is 0.227 e. The number of nitrogens with zero attached hydrogens (tertiary/aromatic N) is 1. The van der Waals surface area contributed by atoms with Gasteiger partial charge in [0.15, 0.2) is 0 Å². The molecule has 1 unspecified atom stereocenters. The predicted molar refractivity (Wildman–Crippen MR) is 76.3 cm³/mol. The molecule has 19 heavy (non-hydrogen) atoms. The largest absolute Gasteiger partial charge is 0.494 e. The van der Waals surface area contributed by atoms with Crippen molar-refractivity contribution in [1.29, 1.82) is 0 Å². The van der Waals surface area contributed by atoms with Crippen LogP contribution in [0.15, 0.2) is 24.3 Å². The number of rotatable bonds is 4. The Hall–Kier alpha value is -1.51. The molecule has 0 radical (unpaired) electrons. The van der Waals surface area contributed by atoms with Crippen molar-refractivity contribution >= 4 is 5.91 Å². The lowest BCUT2D eigenvalue weighted by Gasteiger charge is -2.33. The highest BCUT2D eigenvalue weighted by Gasteiger charge is 2.22. The third-order valence-electron chi connectivity index (χ3n) is 3.71. The number of ether oxygens (including phenoxy) is 1. The highest BCUT2D eigenvalue weighted by molar-refractivity contribution is 5.79. The standard InChI is InChI=1S/C16H23NO2/c1-3-19-15-9-7-14(8-10-15)12-16(18)17-11-5-4-6-13(17)2/h7-10,13H,3-6,11-12H2,1-2H3. The minimum absolute atomic E-state index is 0.247. The van der Waals surface area contributed by atoms with Crippen LogP contribution in [0.1, 0.15) is 38.7 Å². The summed E-state index contributed by atoms with van der Waals surface area (Å²) in [5, 5.41) is 0. The van der Waals surface area contributed by atoms with E-state index >= 15 is 0 Å². The van der Waals surface area contributed by atoms with Gasteiger partial charge in [0.25, 0.3) is 0 Å². The van der Waals surface area contributed by atoms with Crippen molar-refractivity contribution in [2.75, 3.05) is 13.2 Å². The van der Waals surface area contributed by atoms with E-state index in [1.807, 2.05) is 36.1 Å². The molecule has 1 heterocycles. The third kappa shape index (κ3) is 3.72. The predicted octanol–water partition coefficient (Wildman–Crippen LogP) is 3.03. The fourth-order valence-corrected chi connectivity index (χ4v) is 2.61. The van der Waals surface area contributed by atoms with Gasteiger partial charge in [0.1, 0.15) is 5.75 Å². The zero-order valence-electron chi connectivity index (χ0n) is 11.9. The Morgan fingerprint density at radius 3 is 2.68 bits per heavy atom. The van der Waals surface area contributed by atoms with Crippen LogP contribution < -0.4 is 4.74 Å². The Morgan fingerprint density at radius 1 is 1.32 bits per heavy atom. The quantitative estimate of drug-likeness (QED) is 0.833. The molecule has 2 rings (SSSR count). The van der Waals surface area contributed by atoms with Gasteiger partial charge in [-0.25, -0.2) is 0 Å². The number of likely N-dealkylation sites (tertiary alicyclic amines) is 1. The van der Waals surface area contributed by atoms with E-state index in [1.165, 1.54) is 6.42 Å². The summed E-state index contributed by atoms with van der Waals surface area (Å²) in [6, 6.07) is 8.23. The minimum atomic E-state index is 0.247. The summed E-state index contributed by atoms with van der Waals surface area (Å²) in [5.74, 6) is 1.11. The number of piperidine rings is 1. The minimum Gasteiger partial charge on any atom is -0.494 e. The molecule has 1 aliphatic heterocycles. The fraction of sp³-hybridized carbons (Fsp3) is 0.562. The molecule has 0 bridgehead atoms. The van der Waals surface area contributed by atoms with E-state index in [-0.39, 0.29) is 5.91 Å². The molecule has 1 aromatic rings. The first-order valence-corrected chi connectivity index (χ1v) is 7.22. The van der Waals surface area contributed by atoms with Gasteiger partial charge in [-0.15, -0.1) is 0 Å². The molecular weight excluding hydrogens is 238 g/mol. The molecule has 3 nitrogen and oxygen atoms in total. The lowest BCUT2D eigenvalue weighted by Crippen LogP contribution is -2.42. The highest BCUT2D eigenvalue weighted by Crippen LogP contribution is 2.18. The summed E-state index contributed by atoms with van der Waals surface area (Å²) in [7, 11) is 0. The molecule has 1 amide bonds. The molecule has 3 heteroatoms. The van der Waals surface area contributed by atoms with Crippen molar-refractivity contribution in [2.24, 2.45) is 0 Å². The average Bonchev–Trinajstić information content (AvgIpc) is 2.42. The van der Waals surface area contributed by atoms with E-state index in [0.717, 1.165) is 30.7 Å². The van der Waals surface area contributed by atoms with Crippen molar-refractivity contribution in [2.45, 2.75) is 45.6 Å². The van der Waals surface area contributed by atoms with Crippen LogP contribution in [0.3, 0.4) is 0 Å².